The average Bonchev–Trinajstić information content (AvgIpc) is 2.42. The number of amides is 1. The van der Waals surface area contributed by atoms with Crippen molar-refractivity contribution in [2.24, 2.45) is 0 Å². The minimum Gasteiger partial charge on any atom is -0.482 e. The summed E-state index contributed by atoms with van der Waals surface area (Å²) in [7, 11) is 1.36. The molecule has 2 rings (SSSR count). The summed E-state index contributed by atoms with van der Waals surface area (Å²) in [6, 6.07) is 5.66. The average molecular weight is 264 g/mol. The van der Waals surface area contributed by atoms with Gasteiger partial charge in [0.05, 0.1) is 19.3 Å². The van der Waals surface area contributed by atoms with Gasteiger partial charge in [-0.2, -0.15) is 0 Å². The molecule has 0 spiro atoms. The topological polar surface area (TPSA) is 76.7 Å². The monoisotopic (exact) mass is 264 g/mol. The molecular weight excluding hydrogens is 248 g/mol. The van der Waals surface area contributed by atoms with Gasteiger partial charge in [0.25, 0.3) is 5.91 Å². The van der Waals surface area contributed by atoms with E-state index < -0.39 is 0 Å². The van der Waals surface area contributed by atoms with Gasteiger partial charge in [-0.1, -0.05) is 6.07 Å². The molecule has 1 amide bonds. The Kier molecular flexibility index (Phi) is 4.35. The number of fused-ring (bicyclic) bond motifs is 1. The summed E-state index contributed by atoms with van der Waals surface area (Å²) < 4.78 is 9.80. The number of hydrogen-bond donors (Lipinski definition) is 2. The van der Waals surface area contributed by atoms with Gasteiger partial charge in [0.2, 0.25) is 0 Å². The Morgan fingerprint density at radius 3 is 3.16 bits per heavy atom. The first-order chi connectivity index (χ1) is 9.19. The summed E-state index contributed by atoms with van der Waals surface area (Å²) >= 11 is 0. The lowest BCUT2D eigenvalue weighted by atomic mass is 10.1. The van der Waals surface area contributed by atoms with Crippen LogP contribution in [0.4, 0.5) is 5.69 Å². The zero-order valence-electron chi connectivity index (χ0n) is 10.7. The highest BCUT2D eigenvalue weighted by molar-refractivity contribution is 5.95. The third-order valence-electron chi connectivity index (χ3n) is 2.76. The van der Waals surface area contributed by atoms with Crippen LogP contribution in [0.5, 0.6) is 5.75 Å². The van der Waals surface area contributed by atoms with Gasteiger partial charge in [-0.15, -0.1) is 0 Å². The highest BCUT2D eigenvalue weighted by atomic mass is 16.5. The van der Waals surface area contributed by atoms with Gasteiger partial charge in [0.1, 0.15) is 5.75 Å². The van der Waals surface area contributed by atoms with Crippen molar-refractivity contribution in [2.75, 3.05) is 32.1 Å². The van der Waals surface area contributed by atoms with Crippen molar-refractivity contribution in [3.8, 4) is 5.75 Å². The molecule has 1 heterocycles. The van der Waals surface area contributed by atoms with Crippen LogP contribution in [-0.4, -0.2) is 38.7 Å². The van der Waals surface area contributed by atoms with Crippen LogP contribution in [0.2, 0.25) is 0 Å². The van der Waals surface area contributed by atoms with E-state index in [0.717, 1.165) is 12.0 Å². The fourth-order valence-corrected chi connectivity index (χ4v) is 1.78. The molecule has 102 valence electrons. The number of benzene rings is 1. The summed E-state index contributed by atoms with van der Waals surface area (Å²) in [4.78, 5) is 22.1. The molecule has 19 heavy (non-hydrogen) atoms. The smallest absolute Gasteiger partial charge is 0.319 e. The van der Waals surface area contributed by atoms with Gasteiger partial charge in [-0.05, 0) is 30.7 Å². The lowest BCUT2D eigenvalue weighted by molar-refractivity contribution is -0.139. The summed E-state index contributed by atoms with van der Waals surface area (Å²) in [5, 5.41) is 5.74. The highest BCUT2D eigenvalue weighted by Crippen LogP contribution is 2.28. The van der Waals surface area contributed by atoms with Crippen LogP contribution >= 0.6 is 0 Å². The molecule has 1 aromatic rings. The highest BCUT2D eigenvalue weighted by Gasteiger charge is 2.15. The van der Waals surface area contributed by atoms with E-state index in [2.05, 4.69) is 15.4 Å². The van der Waals surface area contributed by atoms with Crippen LogP contribution in [0.25, 0.3) is 0 Å². The first-order valence-electron chi connectivity index (χ1n) is 6.02. The fourth-order valence-electron chi connectivity index (χ4n) is 1.78. The van der Waals surface area contributed by atoms with Crippen molar-refractivity contribution >= 4 is 17.6 Å². The van der Waals surface area contributed by atoms with Crippen LogP contribution in [0.3, 0.4) is 0 Å². The number of carbonyl (C=O) groups excluding carboxylic acids is 2. The lowest BCUT2D eigenvalue weighted by Gasteiger charge is -2.18. The van der Waals surface area contributed by atoms with E-state index in [0.29, 0.717) is 18.0 Å². The zero-order chi connectivity index (χ0) is 13.7. The Morgan fingerprint density at radius 2 is 2.37 bits per heavy atom. The Labute approximate surface area is 111 Å². The Morgan fingerprint density at radius 1 is 1.53 bits per heavy atom. The molecule has 0 unspecified atom stereocenters. The molecule has 0 atom stereocenters. The number of hydrogen-bond acceptors (Lipinski definition) is 5. The molecule has 0 fully saturated rings. The van der Waals surface area contributed by atoms with E-state index in [1.165, 1.54) is 7.11 Å². The van der Waals surface area contributed by atoms with Crippen LogP contribution in [0, 0.1) is 0 Å². The molecule has 2 N–H and O–H groups in total. The molecule has 1 aliphatic rings. The maximum atomic E-state index is 11.2. The van der Waals surface area contributed by atoms with E-state index >= 15 is 0 Å². The Balaban J connectivity index is 1.86. The summed E-state index contributed by atoms with van der Waals surface area (Å²) in [5.41, 5.74) is 1.75. The maximum absolute atomic E-state index is 11.2. The number of esters is 1. The quantitative estimate of drug-likeness (QED) is 0.592. The van der Waals surface area contributed by atoms with Crippen LogP contribution < -0.4 is 15.4 Å². The SMILES string of the molecule is COC(=O)CNCCc1ccc2c(c1)NC(=O)CO2. The van der Waals surface area contributed by atoms with Crippen molar-refractivity contribution in [3.05, 3.63) is 23.8 Å². The van der Waals surface area contributed by atoms with Crippen molar-refractivity contribution < 1.29 is 19.1 Å². The number of rotatable bonds is 5. The third kappa shape index (κ3) is 3.69. The standard InChI is InChI=1S/C13H16N2O4/c1-18-13(17)7-14-5-4-9-2-3-11-10(6-9)15-12(16)8-19-11/h2-3,6,14H,4-5,7-8H2,1H3,(H,15,16). The second-order valence-corrected chi connectivity index (χ2v) is 4.17. The van der Waals surface area contributed by atoms with E-state index in [-0.39, 0.29) is 25.0 Å². The first-order valence-corrected chi connectivity index (χ1v) is 6.02. The van der Waals surface area contributed by atoms with Gasteiger partial charge in [-0.3, -0.25) is 9.59 Å². The second kappa shape index (κ2) is 6.19. The molecule has 6 nitrogen and oxygen atoms in total. The number of nitrogens with one attached hydrogen (secondary N) is 2. The van der Waals surface area contributed by atoms with Crippen LogP contribution in [0.1, 0.15) is 5.56 Å². The van der Waals surface area contributed by atoms with Crippen molar-refractivity contribution in [1.82, 2.24) is 5.32 Å². The summed E-state index contributed by atoms with van der Waals surface area (Å²) in [6.45, 7) is 0.914. The molecule has 0 radical (unpaired) electrons. The number of methoxy groups -OCH3 is 1. The van der Waals surface area contributed by atoms with Gasteiger partial charge < -0.3 is 20.1 Å². The number of carbonyl (C=O) groups is 2. The molecule has 0 aliphatic carbocycles. The minimum absolute atomic E-state index is 0.0625. The predicted molar refractivity (Wildman–Crippen MR) is 69.2 cm³/mol. The van der Waals surface area contributed by atoms with E-state index in [9.17, 15) is 9.59 Å². The molecule has 1 aromatic carbocycles. The molecule has 6 heteroatoms. The van der Waals surface area contributed by atoms with E-state index in [1.807, 2.05) is 18.2 Å². The third-order valence-corrected chi connectivity index (χ3v) is 2.76. The zero-order valence-corrected chi connectivity index (χ0v) is 10.7. The normalized spacial score (nSPS) is 13.2. The van der Waals surface area contributed by atoms with Gasteiger partial charge in [0.15, 0.2) is 6.61 Å². The molecule has 0 bridgehead atoms. The minimum atomic E-state index is -0.286. The summed E-state index contributed by atoms with van der Waals surface area (Å²) in [5.74, 6) is 0.255. The van der Waals surface area contributed by atoms with Crippen molar-refractivity contribution in [1.29, 1.82) is 0 Å². The molecule has 0 aromatic heterocycles. The molecule has 0 saturated heterocycles. The van der Waals surface area contributed by atoms with Crippen LogP contribution in [-0.2, 0) is 20.7 Å². The van der Waals surface area contributed by atoms with E-state index in [1.54, 1.807) is 0 Å². The second-order valence-electron chi connectivity index (χ2n) is 4.17. The number of anilines is 1. The van der Waals surface area contributed by atoms with Gasteiger partial charge >= 0.3 is 5.97 Å². The predicted octanol–water partition coefficient (Wildman–Crippen LogP) is 0.323. The number of ether oxygens (including phenoxy) is 2. The Hall–Kier alpha value is -2.08. The van der Waals surface area contributed by atoms with Gasteiger partial charge in [-0.25, -0.2) is 0 Å². The molecule has 1 aliphatic heterocycles. The first kappa shape index (κ1) is 13.4. The van der Waals surface area contributed by atoms with E-state index in [4.69, 9.17) is 4.74 Å². The molecular formula is C13H16N2O4. The van der Waals surface area contributed by atoms with Gasteiger partial charge in [0, 0.05) is 0 Å². The van der Waals surface area contributed by atoms with Crippen molar-refractivity contribution in [2.45, 2.75) is 6.42 Å². The van der Waals surface area contributed by atoms with Crippen LogP contribution in [0.15, 0.2) is 18.2 Å². The fraction of sp³-hybridized carbons (Fsp3) is 0.385. The Bertz CT molecular complexity index is 488. The largest absolute Gasteiger partial charge is 0.482 e. The maximum Gasteiger partial charge on any atom is 0.319 e. The summed E-state index contributed by atoms with van der Waals surface area (Å²) in [6.07, 6.45) is 0.750. The van der Waals surface area contributed by atoms with Crippen molar-refractivity contribution in [3.63, 3.8) is 0 Å². The molecule has 0 saturated carbocycles. The lowest BCUT2D eigenvalue weighted by Crippen LogP contribution is -2.26.